The van der Waals surface area contributed by atoms with Crippen molar-refractivity contribution < 1.29 is 9.84 Å². The lowest BCUT2D eigenvalue weighted by Gasteiger charge is -2.29. The van der Waals surface area contributed by atoms with E-state index in [1.165, 1.54) is 0 Å². The highest BCUT2D eigenvalue weighted by Gasteiger charge is 2.21. The number of aromatic nitrogens is 3. The molecule has 1 aliphatic heterocycles. The fourth-order valence-corrected chi connectivity index (χ4v) is 3.22. The summed E-state index contributed by atoms with van der Waals surface area (Å²) >= 11 is 0. The maximum Gasteiger partial charge on any atom is 0.151 e. The Labute approximate surface area is 149 Å². The van der Waals surface area contributed by atoms with Crippen LogP contribution in [0.3, 0.4) is 0 Å². The van der Waals surface area contributed by atoms with Crippen molar-refractivity contribution in [3.8, 4) is 11.4 Å². The van der Waals surface area contributed by atoms with Gasteiger partial charge in [0.05, 0.1) is 19.8 Å². The van der Waals surface area contributed by atoms with Gasteiger partial charge in [0.1, 0.15) is 17.3 Å². The van der Waals surface area contributed by atoms with Crippen LogP contribution < -0.4 is 4.74 Å². The van der Waals surface area contributed by atoms with Gasteiger partial charge in [-0.3, -0.25) is 4.90 Å². The summed E-state index contributed by atoms with van der Waals surface area (Å²) in [6.45, 7) is 6.86. The lowest BCUT2D eigenvalue weighted by Crippen LogP contribution is -2.36. The van der Waals surface area contributed by atoms with Gasteiger partial charge in [0, 0.05) is 19.5 Å². The first-order valence-electron chi connectivity index (χ1n) is 9.05. The molecule has 1 aliphatic rings. The van der Waals surface area contributed by atoms with Crippen molar-refractivity contribution in [3.63, 3.8) is 0 Å². The quantitative estimate of drug-likeness (QED) is 0.872. The molecule has 6 heteroatoms. The van der Waals surface area contributed by atoms with Crippen molar-refractivity contribution in [1.29, 1.82) is 0 Å². The Hall–Kier alpha value is -1.92. The zero-order chi connectivity index (χ0) is 17.8. The second-order valence-corrected chi connectivity index (χ2v) is 7.13. The first-order chi connectivity index (χ1) is 12.1. The van der Waals surface area contributed by atoms with Crippen molar-refractivity contribution in [2.24, 2.45) is 5.92 Å². The minimum Gasteiger partial charge on any atom is -0.494 e. The molecule has 0 amide bonds. The van der Waals surface area contributed by atoms with E-state index in [0.29, 0.717) is 5.92 Å². The van der Waals surface area contributed by atoms with Gasteiger partial charge in [-0.1, -0.05) is 26.0 Å². The molecule has 0 saturated carbocycles. The van der Waals surface area contributed by atoms with E-state index >= 15 is 0 Å². The van der Waals surface area contributed by atoms with Gasteiger partial charge in [-0.15, -0.1) is 0 Å². The maximum atomic E-state index is 9.72. The fraction of sp³-hybridized carbons (Fsp3) is 0.579. The number of likely N-dealkylation sites (tertiary alicyclic amines) is 1. The van der Waals surface area contributed by atoms with Gasteiger partial charge < -0.3 is 9.84 Å². The SMILES string of the molecule is COc1ccccc1-n1nc(CC(C)C)nc1CN1CCC(O)CC1. The largest absolute Gasteiger partial charge is 0.494 e. The van der Waals surface area contributed by atoms with Gasteiger partial charge in [0.25, 0.3) is 0 Å². The van der Waals surface area contributed by atoms with Crippen LogP contribution in [-0.2, 0) is 13.0 Å². The van der Waals surface area contributed by atoms with Crippen molar-refractivity contribution in [3.05, 3.63) is 35.9 Å². The average molecular weight is 344 g/mol. The van der Waals surface area contributed by atoms with Crippen molar-refractivity contribution >= 4 is 0 Å². The summed E-state index contributed by atoms with van der Waals surface area (Å²) in [6.07, 6.45) is 2.33. The Balaban J connectivity index is 1.91. The molecule has 0 aliphatic carbocycles. The third kappa shape index (κ3) is 4.38. The van der Waals surface area contributed by atoms with Crippen LogP contribution in [0.1, 0.15) is 38.3 Å². The normalized spacial score (nSPS) is 16.5. The van der Waals surface area contributed by atoms with E-state index in [4.69, 9.17) is 14.8 Å². The summed E-state index contributed by atoms with van der Waals surface area (Å²) in [5, 5.41) is 14.5. The molecule has 0 unspecified atom stereocenters. The molecule has 6 nitrogen and oxygen atoms in total. The fourth-order valence-electron chi connectivity index (χ4n) is 3.22. The Morgan fingerprint density at radius 1 is 1.24 bits per heavy atom. The molecule has 2 heterocycles. The first-order valence-corrected chi connectivity index (χ1v) is 9.05. The number of hydrogen-bond donors (Lipinski definition) is 1. The molecule has 136 valence electrons. The highest BCUT2D eigenvalue weighted by atomic mass is 16.5. The number of nitrogens with zero attached hydrogens (tertiary/aromatic N) is 4. The monoisotopic (exact) mass is 344 g/mol. The highest BCUT2D eigenvalue weighted by molar-refractivity contribution is 5.46. The van der Waals surface area contributed by atoms with Crippen LogP contribution in [-0.4, -0.2) is 51.1 Å². The topological polar surface area (TPSA) is 63.4 Å². The van der Waals surface area contributed by atoms with Gasteiger partial charge in [-0.05, 0) is 30.9 Å². The Morgan fingerprint density at radius 2 is 1.96 bits per heavy atom. The molecule has 1 fully saturated rings. The zero-order valence-electron chi connectivity index (χ0n) is 15.4. The molecule has 1 saturated heterocycles. The summed E-state index contributed by atoms with van der Waals surface area (Å²) in [7, 11) is 1.68. The smallest absolute Gasteiger partial charge is 0.151 e. The van der Waals surface area contributed by atoms with E-state index in [0.717, 1.165) is 62.0 Å². The second kappa shape index (κ2) is 7.97. The Bertz CT molecular complexity index is 690. The third-order valence-electron chi connectivity index (χ3n) is 4.54. The number of rotatable bonds is 6. The van der Waals surface area contributed by atoms with E-state index < -0.39 is 0 Å². The van der Waals surface area contributed by atoms with E-state index in [1.54, 1.807) is 7.11 Å². The minimum absolute atomic E-state index is 0.167. The number of para-hydroxylation sites is 2. The van der Waals surface area contributed by atoms with Crippen molar-refractivity contribution in [2.45, 2.75) is 45.8 Å². The molecule has 1 N–H and O–H groups in total. The summed E-state index contributed by atoms with van der Waals surface area (Å²) < 4.78 is 7.43. The van der Waals surface area contributed by atoms with E-state index in [-0.39, 0.29) is 6.10 Å². The van der Waals surface area contributed by atoms with Crippen molar-refractivity contribution in [2.75, 3.05) is 20.2 Å². The Kier molecular flexibility index (Phi) is 5.71. The number of aliphatic hydroxyl groups is 1. The number of ether oxygens (including phenoxy) is 1. The molecular formula is C19H28N4O2. The van der Waals surface area contributed by atoms with Crippen LogP contribution in [0.5, 0.6) is 5.75 Å². The highest BCUT2D eigenvalue weighted by Crippen LogP contribution is 2.24. The average Bonchev–Trinajstić information content (AvgIpc) is 2.98. The molecule has 0 spiro atoms. The Morgan fingerprint density at radius 3 is 2.64 bits per heavy atom. The van der Waals surface area contributed by atoms with Gasteiger partial charge in [0.15, 0.2) is 5.82 Å². The number of benzene rings is 1. The predicted molar refractivity (Wildman–Crippen MR) is 97.0 cm³/mol. The van der Waals surface area contributed by atoms with Gasteiger partial charge in [0.2, 0.25) is 0 Å². The minimum atomic E-state index is -0.167. The summed E-state index contributed by atoms with van der Waals surface area (Å²) in [6, 6.07) is 7.90. The molecule has 1 aromatic heterocycles. The summed E-state index contributed by atoms with van der Waals surface area (Å²) in [4.78, 5) is 7.14. The lowest BCUT2D eigenvalue weighted by molar-refractivity contribution is 0.0777. The van der Waals surface area contributed by atoms with E-state index in [2.05, 4.69) is 18.7 Å². The second-order valence-electron chi connectivity index (χ2n) is 7.13. The summed E-state index contributed by atoms with van der Waals surface area (Å²) in [5.74, 6) is 3.09. The first kappa shape index (κ1) is 17.9. The molecular weight excluding hydrogens is 316 g/mol. The molecule has 0 radical (unpaired) electrons. The lowest BCUT2D eigenvalue weighted by atomic mass is 10.1. The van der Waals surface area contributed by atoms with E-state index in [9.17, 15) is 5.11 Å². The van der Waals surface area contributed by atoms with Crippen LogP contribution in [0.2, 0.25) is 0 Å². The van der Waals surface area contributed by atoms with Crippen LogP contribution in [0, 0.1) is 5.92 Å². The van der Waals surface area contributed by atoms with Crippen LogP contribution in [0.15, 0.2) is 24.3 Å². The standard InChI is InChI=1S/C19H28N4O2/c1-14(2)12-18-20-19(13-22-10-8-15(24)9-11-22)23(21-18)16-6-4-5-7-17(16)25-3/h4-7,14-15,24H,8-13H2,1-3H3. The number of hydrogen-bond acceptors (Lipinski definition) is 5. The molecule has 25 heavy (non-hydrogen) atoms. The summed E-state index contributed by atoms with van der Waals surface area (Å²) in [5.41, 5.74) is 0.916. The van der Waals surface area contributed by atoms with E-state index in [1.807, 2.05) is 28.9 Å². The molecule has 0 atom stereocenters. The maximum absolute atomic E-state index is 9.72. The van der Waals surface area contributed by atoms with Gasteiger partial charge in [-0.25, -0.2) is 9.67 Å². The van der Waals surface area contributed by atoms with Crippen LogP contribution in [0.4, 0.5) is 0 Å². The van der Waals surface area contributed by atoms with Crippen LogP contribution in [0.25, 0.3) is 5.69 Å². The molecule has 1 aromatic carbocycles. The number of aliphatic hydroxyl groups excluding tert-OH is 1. The van der Waals surface area contributed by atoms with Crippen molar-refractivity contribution in [1.82, 2.24) is 19.7 Å². The number of piperidine rings is 1. The molecule has 0 bridgehead atoms. The third-order valence-corrected chi connectivity index (χ3v) is 4.54. The van der Waals surface area contributed by atoms with Crippen LogP contribution >= 0.6 is 0 Å². The zero-order valence-corrected chi connectivity index (χ0v) is 15.4. The predicted octanol–water partition coefficient (Wildman–Crippen LogP) is 2.43. The van der Waals surface area contributed by atoms with Gasteiger partial charge in [-0.2, -0.15) is 5.10 Å². The molecule has 2 aromatic rings. The molecule has 3 rings (SSSR count). The number of methoxy groups -OCH3 is 1. The van der Waals surface area contributed by atoms with Gasteiger partial charge >= 0.3 is 0 Å².